The first-order valence-electron chi connectivity index (χ1n) is 12.0. The van der Waals surface area contributed by atoms with E-state index in [0.29, 0.717) is 17.0 Å². The second kappa shape index (κ2) is 9.42. The minimum absolute atomic E-state index is 0.0118. The third kappa shape index (κ3) is 4.48. The molecule has 5 rings (SSSR count). The van der Waals surface area contributed by atoms with Crippen LogP contribution in [0.1, 0.15) is 48.5 Å². The molecule has 0 unspecified atom stereocenters. The van der Waals surface area contributed by atoms with Gasteiger partial charge in [-0.1, -0.05) is 25.3 Å². The fourth-order valence-corrected chi connectivity index (χ4v) is 4.98. The lowest BCUT2D eigenvalue weighted by Gasteiger charge is -2.34. The number of nitrogens with one attached hydrogen (secondary N) is 1. The molecule has 0 spiro atoms. The average molecular weight is 462 g/mol. The van der Waals surface area contributed by atoms with E-state index in [1.807, 2.05) is 16.7 Å². The Hall–Kier alpha value is -3.46. The number of fused-ring (bicyclic) bond motifs is 1. The lowest BCUT2D eigenvalue weighted by Crippen LogP contribution is -2.44. The van der Waals surface area contributed by atoms with E-state index >= 15 is 0 Å². The smallest absolute Gasteiger partial charge is 0.254 e. The van der Waals surface area contributed by atoms with Gasteiger partial charge in [-0.3, -0.25) is 9.59 Å². The summed E-state index contributed by atoms with van der Waals surface area (Å²) >= 11 is 0. The summed E-state index contributed by atoms with van der Waals surface area (Å²) in [5.41, 5.74) is 7.66. The zero-order chi connectivity index (χ0) is 23.7. The third-order valence-corrected chi connectivity index (χ3v) is 6.97. The standard InChI is InChI=1S/C25H31N7O2/c1-30-10-12-31(13-11-30)19-9-5-6-17(14-19)28-25-27-15-20-22(33)21(23(26)34)16-32(24(20)29-25)18-7-3-2-4-8-18/h5-6,9,14-16,18H,2-4,7-8,10-13H2,1H3,(H2,26,34)(H,27,28,29). The van der Waals surface area contributed by atoms with Gasteiger partial charge >= 0.3 is 0 Å². The largest absolute Gasteiger partial charge is 0.369 e. The molecule has 178 valence electrons. The quantitative estimate of drug-likeness (QED) is 0.601. The SMILES string of the molecule is CN1CCN(c2cccc(Nc3ncc4c(=O)c(C(N)=O)cn(C5CCCCC5)c4n3)c2)CC1. The maximum absolute atomic E-state index is 12.9. The van der Waals surface area contributed by atoms with Crippen molar-refractivity contribution >= 4 is 34.3 Å². The first kappa shape index (κ1) is 22.3. The molecule has 0 atom stereocenters. The molecule has 0 bridgehead atoms. The van der Waals surface area contributed by atoms with Gasteiger partial charge in [0.15, 0.2) is 0 Å². The molecule has 1 aliphatic carbocycles. The fourth-order valence-electron chi connectivity index (χ4n) is 4.98. The van der Waals surface area contributed by atoms with Crippen LogP contribution in [0.25, 0.3) is 11.0 Å². The normalized spacial score (nSPS) is 17.7. The molecule has 1 amide bonds. The van der Waals surface area contributed by atoms with Crippen molar-refractivity contribution in [3.05, 3.63) is 52.4 Å². The Labute approximate surface area is 198 Å². The van der Waals surface area contributed by atoms with Crippen molar-refractivity contribution in [2.24, 2.45) is 5.73 Å². The van der Waals surface area contributed by atoms with Gasteiger partial charge in [-0.25, -0.2) is 4.98 Å². The second-order valence-electron chi connectivity index (χ2n) is 9.33. The summed E-state index contributed by atoms with van der Waals surface area (Å²) in [4.78, 5) is 38.7. The van der Waals surface area contributed by atoms with Crippen molar-refractivity contribution in [1.82, 2.24) is 19.4 Å². The van der Waals surface area contributed by atoms with Crippen LogP contribution in [0.4, 0.5) is 17.3 Å². The molecule has 3 heterocycles. The summed E-state index contributed by atoms with van der Waals surface area (Å²) in [5.74, 6) is -0.307. The number of amides is 1. The van der Waals surface area contributed by atoms with Crippen LogP contribution in [0.15, 0.2) is 41.5 Å². The zero-order valence-corrected chi connectivity index (χ0v) is 19.5. The number of piperazine rings is 1. The van der Waals surface area contributed by atoms with Crippen LogP contribution in [0.5, 0.6) is 0 Å². The first-order chi connectivity index (χ1) is 16.5. The van der Waals surface area contributed by atoms with E-state index in [2.05, 4.69) is 39.3 Å². The lowest BCUT2D eigenvalue weighted by atomic mass is 9.95. The van der Waals surface area contributed by atoms with Crippen LogP contribution in [0, 0.1) is 0 Å². The highest BCUT2D eigenvalue weighted by molar-refractivity contribution is 5.95. The van der Waals surface area contributed by atoms with Crippen LogP contribution < -0.4 is 21.4 Å². The van der Waals surface area contributed by atoms with Crippen LogP contribution >= 0.6 is 0 Å². The van der Waals surface area contributed by atoms with E-state index in [-0.39, 0.29) is 11.6 Å². The predicted octanol–water partition coefficient (Wildman–Crippen LogP) is 2.89. The van der Waals surface area contributed by atoms with Crippen LogP contribution in [-0.2, 0) is 0 Å². The number of aromatic nitrogens is 3. The second-order valence-corrected chi connectivity index (χ2v) is 9.33. The fraction of sp³-hybridized carbons (Fsp3) is 0.440. The summed E-state index contributed by atoms with van der Waals surface area (Å²) < 4.78 is 1.96. The summed E-state index contributed by atoms with van der Waals surface area (Å²) in [5, 5.41) is 3.62. The van der Waals surface area contributed by atoms with Gasteiger partial charge in [0.1, 0.15) is 11.2 Å². The Morgan fingerprint density at radius 1 is 1.12 bits per heavy atom. The number of rotatable bonds is 5. The molecule has 2 fully saturated rings. The first-order valence-corrected chi connectivity index (χ1v) is 12.0. The van der Waals surface area contributed by atoms with Crippen molar-refractivity contribution < 1.29 is 4.79 Å². The van der Waals surface area contributed by atoms with Crippen LogP contribution in [0.3, 0.4) is 0 Å². The van der Waals surface area contributed by atoms with Crippen molar-refractivity contribution in [2.45, 2.75) is 38.1 Å². The van der Waals surface area contributed by atoms with Gasteiger partial charge in [0.25, 0.3) is 5.91 Å². The highest BCUT2D eigenvalue weighted by atomic mass is 16.2. The Bertz CT molecular complexity index is 1260. The zero-order valence-electron chi connectivity index (χ0n) is 19.5. The molecule has 2 aliphatic rings. The molecule has 34 heavy (non-hydrogen) atoms. The number of benzene rings is 1. The number of pyridine rings is 1. The lowest BCUT2D eigenvalue weighted by molar-refractivity contribution is 0.0998. The number of hydrogen-bond acceptors (Lipinski definition) is 7. The van der Waals surface area contributed by atoms with E-state index < -0.39 is 11.3 Å². The molecule has 1 aromatic carbocycles. The van der Waals surface area contributed by atoms with Crippen LogP contribution in [-0.4, -0.2) is 58.6 Å². The average Bonchev–Trinajstić information content (AvgIpc) is 2.85. The Morgan fingerprint density at radius 3 is 2.62 bits per heavy atom. The molecule has 0 radical (unpaired) electrons. The van der Waals surface area contributed by atoms with Crippen molar-refractivity contribution in [3.63, 3.8) is 0 Å². The molecule has 1 saturated heterocycles. The molecule has 2 aromatic heterocycles. The van der Waals surface area contributed by atoms with Gasteiger partial charge in [-0.05, 0) is 38.1 Å². The number of carbonyl (C=O) groups is 1. The molecular weight excluding hydrogens is 430 g/mol. The van der Waals surface area contributed by atoms with Gasteiger partial charge in [-0.2, -0.15) is 4.98 Å². The maximum Gasteiger partial charge on any atom is 0.254 e. The van der Waals surface area contributed by atoms with Gasteiger partial charge in [0, 0.05) is 56.0 Å². The third-order valence-electron chi connectivity index (χ3n) is 6.97. The molecule has 3 N–H and O–H groups in total. The number of likely N-dealkylation sites (N-methyl/N-ethyl adjacent to an activating group) is 1. The number of primary amides is 1. The molecular formula is C25H31N7O2. The Kier molecular flexibility index (Phi) is 6.19. The summed E-state index contributed by atoms with van der Waals surface area (Å²) in [6, 6.07) is 8.40. The Balaban J connectivity index is 1.49. The van der Waals surface area contributed by atoms with E-state index in [0.717, 1.165) is 63.2 Å². The Morgan fingerprint density at radius 2 is 1.88 bits per heavy atom. The summed E-state index contributed by atoms with van der Waals surface area (Å²) in [6.07, 6.45) is 8.48. The van der Waals surface area contributed by atoms with E-state index in [9.17, 15) is 9.59 Å². The topological polar surface area (TPSA) is 109 Å². The molecule has 1 saturated carbocycles. The monoisotopic (exact) mass is 461 g/mol. The van der Waals surface area contributed by atoms with Crippen LogP contribution in [0.2, 0.25) is 0 Å². The van der Waals surface area contributed by atoms with Crippen molar-refractivity contribution in [2.75, 3.05) is 43.4 Å². The maximum atomic E-state index is 12.9. The minimum atomic E-state index is -0.723. The molecule has 1 aliphatic heterocycles. The number of anilines is 3. The molecule has 3 aromatic rings. The van der Waals surface area contributed by atoms with E-state index in [1.54, 1.807) is 6.20 Å². The minimum Gasteiger partial charge on any atom is -0.369 e. The number of hydrogen-bond donors (Lipinski definition) is 2. The highest BCUT2D eigenvalue weighted by Gasteiger charge is 2.22. The van der Waals surface area contributed by atoms with E-state index in [1.165, 1.54) is 12.6 Å². The summed E-state index contributed by atoms with van der Waals surface area (Å²) in [7, 11) is 2.14. The number of nitrogens with zero attached hydrogens (tertiary/aromatic N) is 5. The van der Waals surface area contributed by atoms with Gasteiger partial charge in [0.2, 0.25) is 11.4 Å². The summed E-state index contributed by atoms with van der Waals surface area (Å²) in [6.45, 7) is 4.05. The molecule has 9 nitrogen and oxygen atoms in total. The van der Waals surface area contributed by atoms with Gasteiger partial charge in [0.05, 0.1) is 5.39 Å². The van der Waals surface area contributed by atoms with Crippen molar-refractivity contribution in [1.29, 1.82) is 0 Å². The van der Waals surface area contributed by atoms with E-state index in [4.69, 9.17) is 10.7 Å². The van der Waals surface area contributed by atoms with Gasteiger partial charge in [-0.15, -0.1) is 0 Å². The predicted molar refractivity (Wildman–Crippen MR) is 134 cm³/mol. The molecule has 9 heteroatoms. The number of carbonyl (C=O) groups excluding carboxylic acids is 1. The highest BCUT2D eigenvalue weighted by Crippen LogP contribution is 2.30. The number of nitrogens with two attached hydrogens (primary N) is 1. The van der Waals surface area contributed by atoms with Gasteiger partial charge < -0.3 is 25.4 Å². The van der Waals surface area contributed by atoms with Crippen molar-refractivity contribution in [3.8, 4) is 0 Å².